The largest absolute Gasteiger partial charge is 0.509 e. The second kappa shape index (κ2) is 7.23. The van der Waals surface area contributed by atoms with E-state index in [1.165, 1.54) is 6.08 Å². The summed E-state index contributed by atoms with van der Waals surface area (Å²) in [5, 5.41) is 18.7. The number of aliphatic hydroxyl groups is 2. The van der Waals surface area contributed by atoms with E-state index in [2.05, 4.69) is 6.92 Å². The molecule has 0 aliphatic carbocycles. The van der Waals surface area contributed by atoms with Crippen molar-refractivity contribution < 1.29 is 15.0 Å². The molecule has 0 unspecified atom stereocenters. The molecule has 0 aromatic rings. The van der Waals surface area contributed by atoms with Crippen molar-refractivity contribution in [2.75, 3.05) is 0 Å². The van der Waals surface area contributed by atoms with Crippen LogP contribution in [0.15, 0.2) is 23.5 Å². The maximum absolute atomic E-state index is 11.3. The molecule has 1 atom stereocenters. The van der Waals surface area contributed by atoms with Crippen LogP contribution < -0.4 is 0 Å². The fourth-order valence-corrected chi connectivity index (χ4v) is 1.02. The minimum atomic E-state index is -1.41. The van der Waals surface area contributed by atoms with Crippen LogP contribution in [0, 0.1) is 0 Å². The van der Waals surface area contributed by atoms with Gasteiger partial charge in [-0.05, 0) is 31.9 Å². The molecule has 0 fully saturated rings. The first kappa shape index (κ1) is 13.9. The Morgan fingerprint density at radius 2 is 2.00 bits per heavy atom. The van der Waals surface area contributed by atoms with Crippen LogP contribution in [0.1, 0.15) is 40.0 Å². The Kier molecular flexibility index (Phi) is 6.71. The zero-order valence-corrected chi connectivity index (χ0v) is 9.66. The first-order valence-electron chi connectivity index (χ1n) is 5.25. The number of unbranched alkanes of at least 4 members (excludes halogenated alkanes) is 2. The summed E-state index contributed by atoms with van der Waals surface area (Å²) in [7, 11) is 0. The molecule has 0 amide bonds. The lowest BCUT2D eigenvalue weighted by Crippen LogP contribution is -2.21. The van der Waals surface area contributed by atoms with Gasteiger partial charge in [0.15, 0.2) is 11.9 Å². The molecule has 86 valence electrons. The normalized spacial score (nSPS) is 12.8. The third-order valence-electron chi connectivity index (χ3n) is 2.05. The Hall–Kier alpha value is -1.09. The molecule has 0 heterocycles. The summed E-state index contributed by atoms with van der Waals surface area (Å²) in [5.41, 5.74) is 0.554. The summed E-state index contributed by atoms with van der Waals surface area (Å²) < 4.78 is 0. The molecule has 0 aliphatic rings. The van der Waals surface area contributed by atoms with Gasteiger partial charge in [-0.15, -0.1) is 0 Å². The highest BCUT2D eigenvalue weighted by Crippen LogP contribution is 2.07. The fourth-order valence-electron chi connectivity index (χ4n) is 1.02. The quantitative estimate of drug-likeness (QED) is 0.404. The van der Waals surface area contributed by atoms with Gasteiger partial charge in [0.05, 0.1) is 0 Å². The van der Waals surface area contributed by atoms with Crippen LogP contribution in [0.25, 0.3) is 0 Å². The number of hydrogen-bond donors (Lipinski definition) is 2. The van der Waals surface area contributed by atoms with E-state index in [1.54, 1.807) is 19.9 Å². The van der Waals surface area contributed by atoms with Gasteiger partial charge in [-0.1, -0.05) is 25.8 Å². The van der Waals surface area contributed by atoms with Gasteiger partial charge in [-0.2, -0.15) is 0 Å². The predicted molar refractivity (Wildman–Crippen MR) is 60.7 cm³/mol. The van der Waals surface area contributed by atoms with Crippen molar-refractivity contribution in [3.8, 4) is 0 Å². The molecule has 3 nitrogen and oxygen atoms in total. The number of rotatable bonds is 6. The Balaban J connectivity index is 4.22. The van der Waals surface area contributed by atoms with Gasteiger partial charge >= 0.3 is 0 Å². The number of carbonyl (C=O) groups excluding carboxylic acids is 1. The molecule has 0 spiro atoms. The summed E-state index contributed by atoms with van der Waals surface area (Å²) >= 11 is 0. The van der Waals surface area contributed by atoms with Gasteiger partial charge in [0, 0.05) is 0 Å². The van der Waals surface area contributed by atoms with Gasteiger partial charge in [-0.25, -0.2) is 0 Å². The zero-order valence-electron chi connectivity index (χ0n) is 9.66. The van der Waals surface area contributed by atoms with Crippen LogP contribution in [0.3, 0.4) is 0 Å². The van der Waals surface area contributed by atoms with Crippen LogP contribution in [0.2, 0.25) is 0 Å². The van der Waals surface area contributed by atoms with Crippen LogP contribution in [0.5, 0.6) is 0 Å². The number of allylic oxidation sites excluding steroid dienone is 2. The fraction of sp³-hybridized carbons (Fsp3) is 0.583. The highest BCUT2D eigenvalue weighted by Gasteiger charge is 2.17. The van der Waals surface area contributed by atoms with Crippen LogP contribution in [-0.2, 0) is 4.79 Å². The Morgan fingerprint density at radius 1 is 1.40 bits per heavy atom. The maximum Gasteiger partial charge on any atom is 0.191 e. The van der Waals surface area contributed by atoms with E-state index >= 15 is 0 Å². The molecule has 0 saturated carbocycles. The van der Waals surface area contributed by atoms with E-state index in [0.717, 1.165) is 19.3 Å². The molecular formula is C12H20O3. The lowest BCUT2D eigenvalue weighted by Gasteiger charge is -2.07. The molecule has 2 N–H and O–H groups in total. The van der Waals surface area contributed by atoms with E-state index < -0.39 is 11.9 Å². The Bertz CT molecular complexity index is 260. The summed E-state index contributed by atoms with van der Waals surface area (Å²) in [6, 6.07) is 0. The number of hydrogen-bond acceptors (Lipinski definition) is 3. The minimum Gasteiger partial charge on any atom is -0.509 e. The first-order valence-corrected chi connectivity index (χ1v) is 5.25. The molecule has 0 aliphatic heterocycles. The van der Waals surface area contributed by atoms with Gasteiger partial charge in [0.2, 0.25) is 0 Å². The van der Waals surface area contributed by atoms with E-state index in [9.17, 15) is 15.0 Å². The smallest absolute Gasteiger partial charge is 0.191 e. The van der Waals surface area contributed by atoms with Crippen LogP contribution in [-0.4, -0.2) is 22.1 Å². The average molecular weight is 212 g/mol. The summed E-state index contributed by atoms with van der Waals surface area (Å²) in [6.07, 6.45) is 4.57. The number of aliphatic hydroxyl groups excluding tert-OH is 2. The van der Waals surface area contributed by atoms with Crippen LogP contribution >= 0.6 is 0 Å². The zero-order chi connectivity index (χ0) is 11.8. The molecule has 0 rings (SSSR count). The third-order valence-corrected chi connectivity index (χ3v) is 2.05. The monoisotopic (exact) mass is 212 g/mol. The molecule has 15 heavy (non-hydrogen) atoms. The Labute approximate surface area is 91.1 Å². The minimum absolute atomic E-state index is 0.250. The highest BCUT2D eigenvalue weighted by atomic mass is 16.3. The predicted octanol–water partition coefficient (Wildman–Crippen LogP) is 2.51. The first-order chi connectivity index (χ1) is 7.00. The van der Waals surface area contributed by atoms with Gasteiger partial charge < -0.3 is 10.2 Å². The summed E-state index contributed by atoms with van der Waals surface area (Å²) in [6.45, 7) is 5.36. The number of carbonyl (C=O) groups is 1. The van der Waals surface area contributed by atoms with E-state index in [0.29, 0.717) is 5.57 Å². The lowest BCUT2D eigenvalue weighted by molar-refractivity contribution is -0.121. The molecule has 0 radical (unpaired) electrons. The SMILES string of the molecule is CCCC/C=C/C(=O)[C@H](O)C(O)=C(C)C. The van der Waals surface area contributed by atoms with E-state index in [4.69, 9.17) is 0 Å². The summed E-state index contributed by atoms with van der Waals surface area (Å²) in [4.78, 5) is 11.3. The number of ketones is 1. The standard InChI is InChI=1S/C12H20O3/c1-4-5-6-7-8-10(13)12(15)11(14)9(2)3/h7-8,12,14-15H,4-6H2,1-3H3/b8-7+/t12-/m0/s1. The molecular weight excluding hydrogens is 192 g/mol. The van der Waals surface area contributed by atoms with Crippen molar-refractivity contribution >= 4 is 5.78 Å². The highest BCUT2D eigenvalue weighted by molar-refractivity contribution is 5.95. The van der Waals surface area contributed by atoms with Crippen molar-refractivity contribution in [2.24, 2.45) is 0 Å². The lowest BCUT2D eigenvalue weighted by atomic mass is 10.1. The van der Waals surface area contributed by atoms with Crippen molar-refractivity contribution in [1.82, 2.24) is 0 Å². The van der Waals surface area contributed by atoms with Gasteiger partial charge in [0.1, 0.15) is 5.76 Å². The van der Waals surface area contributed by atoms with Crippen molar-refractivity contribution in [2.45, 2.75) is 46.1 Å². The molecule has 0 bridgehead atoms. The second-order valence-electron chi connectivity index (χ2n) is 3.73. The molecule has 0 saturated heterocycles. The van der Waals surface area contributed by atoms with Crippen molar-refractivity contribution in [3.63, 3.8) is 0 Å². The van der Waals surface area contributed by atoms with Gasteiger partial charge in [-0.3, -0.25) is 4.79 Å². The Morgan fingerprint density at radius 3 is 2.47 bits per heavy atom. The second-order valence-corrected chi connectivity index (χ2v) is 3.73. The van der Waals surface area contributed by atoms with E-state index in [-0.39, 0.29) is 5.76 Å². The third kappa shape index (κ3) is 5.37. The average Bonchev–Trinajstić information content (AvgIpc) is 2.21. The molecule has 3 heteroatoms. The van der Waals surface area contributed by atoms with Gasteiger partial charge in [0.25, 0.3) is 0 Å². The summed E-state index contributed by atoms with van der Waals surface area (Å²) in [5.74, 6) is -0.718. The van der Waals surface area contributed by atoms with Crippen molar-refractivity contribution in [1.29, 1.82) is 0 Å². The van der Waals surface area contributed by atoms with Crippen LogP contribution in [0.4, 0.5) is 0 Å². The van der Waals surface area contributed by atoms with Crippen molar-refractivity contribution in [3.05, 3.63) is 23.5 Å². The topological polar surface area (TPSA) is 57.5 Å². The molecule has 0 aromatic carbocycles. The maximum atomic E-state index is 11.3. The van der Waals surface area contributed by atoms with E-state index in [1.807, 2.05) is 0 Å². The molecule has 0 aromatic heterocycles.